The van der Waals surface area contributed by atoms with Crippen molar-refractivity contribution in [2.45, 2.75) is 58.3 Å². The van der Waals surface area contributed by atoms with Crippen LogP contribution in [0.5, 0.6) is 0 Å². The van der Waals surface area contributed by atoms with Crippen LogP contribution in [-0.2, 0) is 17.6 Å². The highest BCUT2D eigenvalue weighted by molar-refractivity contribution is 7.14. The quantitative estimate of drug-likeness (QED) is 0.840. The first-order valence-electron chi connectivity index (χ1n) is 8.39. The van der Waals surface area contributed by atoms with E-state index in [2.05, 4.69) is 17.8 Å². The van der Waals surface area contributed by atoms with Crippen LogP contribution in [0.25, 0.3) is 0 Å². The summed E-state index contributed by atoms with van der Waals surface area (Å²) < 4.78 is 0. The SMILES string of the molecule is CC[C@@H]1CCc2sc(C(=O)NNC(=O)C3CCCC3)cc2C1. The van der Waals surface area contributed by atoms with E-state index < -0.39 is 0 Å². The maximum atomic E-state index is 12.2. The third-order valence-electron chi connectivity index (χ3n) is 5.01. The maximum absolute atomic E-state index is 12.2. The van der Waals surface area contributed by atoms with Crippen LogP contribution in [0.15, 0.2) is 6.07 Å². The lowest BCUT2D eigenvalue weighted by Crippen LogP contribution is -2.43. The highest BCUT2D eigenvalue weighted by Crippen LogP contribution is 2.33. The number of fused-ring (bicyclic) bond motifs is 1. The molecule has 2 amide bonds. The second-order valence-electron chi connectivity index (χ2n) is 6.50. The zero-order valence-electron chi connectivity index (χ0n) is 13.1. The summed E-state index contributed by atoms with van der Waals surface area (Å²) in [6.07, 6.45) is 8.70. The molecule has 1 atom stereocenters. The maximum Gasteiger partial charge on any atom is 0.279 e. The van der Waals surface area contributed by atoms with Gasteiger partial charge in [0.25, 0.3) is 5.91 Å². The standard InChI is InChI=1S/C17H24N2O2S/c1-2-11-7-8-14-13(9-11)10-15(22-14)17(21)19-18-16(20)12-5-3-4-6-12/h10-12H,2-9H2,1H3,(H,18,20)(H,19,21)/t11-/m1/s1. The van der Waals surface area contributed by atoms with Crippen LogP contribution in [0.4, 0.5) is 0 Å². The van der Waals surface area contributed by atoms with Crippen molar-refractivity contribution in [3.05, 3.63) is 21.4 Å². The predicted molar refractivity (Wildman–Crippen MR) is 87.7 cm³/mol. The van der Waals surface area contributed by atoms with E-state index in [4.69, 9.17) is 0 Å². The Morgan fingerprint density at radius 3 is 2.73 bits per heavy atom. The molecule has 5 heteroatoms. The van der Waals surface area contributed by atoms with E-state index in [1.54, 1.807) is 11.3 Å². The Morgan fingerprint density at radius 1 is 1.23 bits per heavy atom. The summed E-state index contributed by atoms with van der Waals surface area (Å²) in [5.41, 5.74) is 6.50. The first-order valence-corrected chi connectivity index (χ1v) is 9.20. The Labute approximate surface area is 135 Å². The molecule has 0 aliphatic heterocycles. The molecule has 0 bridgehead atoms. The van der Waals surface area contributed by atoms with Crippen molar-refractivity contribution in [1.29, 1.82) is 0 Å². The van der Waals surface area contributed by atoms with E-state index in [-0.39, 0.29) is 17.7 Å². The van der Waals surface area contributed by atoms with Gasteiger partial charge in [0.1, 0.15) is 0 Å². The Bertz CT molecular complexity index is 561. The van der Waals surface area contributed by atoms with Gasteiger partial charge in [-0.2, -0.15) is 0 Å². The van der Waals surface area contributed by atoms with Gasteiger partial charge < -0.3 is 0 Å². The fourth-order valence-corrected chi connectivity index (χ4v) is 4.63. The number of amides is 2. The number of rotatable bonds is 3. The van der Waals surface area contributed by atoms with E-state index in [9.17, 15) is 9.59 Å². The molecule has 1 aromatic heterocycles. The summed E-state index contributed by atoms with van der Waals surface area (Å²) in [5, 5.41) is 0. The summed E-state index contributed by atoms with van der Waals surface area (Å²) >= 11 is 1.58. The van der Waals surface area contributed by atoms with Crippen LogP contribution in [0.2, 0.25) is 0 Å². The fraction of sp³-hybridized carbons (Fsp3) is 0.647. The van der Waals surface area contributed by atoms with Gasteiger partial charge in [0.15, 0.2) is 0 Å². The molecule has 1 aromatic rings. The number of hydrogen-bond donors (Lipinski definition) is 2. The van der Waals surface area contributed by atoms with Crippen LogP contribution < -0.4 is 10.9 Å². The van der Waals surface area contributed by atoms with Crippen LogP contribution in [0.3, 0.4) is 0 Å². The van der Waals surface area contributed by atoms with Crippen molar-refractivity contribution in [3.8, 4) is 0 Å². The van der Waals surface area contributed by atoms with Crippen LogP contribution >= 0.6 is 11.3 Å². The van der Waals surface area contributed by atoms with Gasteiger partial charge in [0, 0.05) is 10.8 Å². The molecule has 0 radical (unpaired) electrons. The minimum atomic E-state index is -0.182. The van der Waals surface area contributed by atoms with Gasteiger partial charge in [0.2, 0.25) is 5.91 Å². The summed E-state index contributed by atoms with van der Waals surface area (Å²) in [5.74, 6) is 0.597. The molecular formula is C17H24N2O2S. The molecule has 22 heavy (non-hydrogen) atoms. The molecule has 1 saturated carbocycles. The number of hydrazine groups is 1. The minimum Gasteiger partial charge on any atom is -0.273 e. The molecule has 4 nitrogen and oxygen atoms in total. The normalized spacial score (nSPS) is 21.4. The lowest BCUT2D eigenvalue weighted by Gasteiger charge is -2.19. The van der Waals surface area contributed by atoms with E-state index in [0.29, 0.717) is 4.88 Å². The molecule has 1 fully saturated rings. The van der Waals surface area contributed by atoms with E-state index in [0.717, 1.165) is 44.4 Å². The monoisotopic (exact) mass is 320 g/mol. The zero-order valence-corrected chi connectivity index (χ0v) is 13.9. The van der Waals surface area contributed by atoms with Gasteiger partial charge in [-0.3, -0.25) is 20.4 Å². The van der Waals surface area contributed by atoms with E-state index in [1.165, 1.54) is 23.3 Å². The second-order valence-corrected chi connectivity index (χ2v) is 7.64. The minimum absolute atomic E-state index is 0.0433. The molecule has 0 spiro atoms. The smallest absolute Gasteiger partial charge is 0.273 e. The molecule has 120 valence electrons. The lowest BCUT2D eigenvalue weighted by atomic mass is 9.87. The van der Waals surface area contributed by atoms with Gasteiger partial charge in [0.05, 0.1) is 4.88 Å². The summed E-state index contributed by atoms with van der Waals surface area (Å²) in [7, 11) is 0. The molecule has 2 aliphatic carbocycles. The first-order chi connectivity index (χ1) is 10.7. The number of thiophene rings is 1. The first kappa shape index (κ1) is 15.5. The van der Waals surface area contributed by atoms with Crippen molar-refractivity contribution in [3.63, 3.8) is 0 Å². The molecule has 0 unspecified atom stereocenters. The molecule has 1 heterocycles. The third-order valence-corrected chi connectivity index (χ3v) is 6.25. The Kier molecular flexibility index (Phi) is 4.81. The van der Waals surface area contributed by atoms with Gasteiger partial charge in [-0.05, 0) is 49.7 Å². The van der Waals surface area contributed by atoms with Gasteiger partial charge >= 0.3 is 0 Å². The molecule has 0 saturated heterocycles. The van der Waals surface area contributed by atoms with Crippen molar-refractivity contribution < 1.29 is 9.59 Å². The zero-order chi connectivity index (χ0) is 15.5. The van der Waals surface area contributed by atoms with Crippen molar-refractivity contribution in [2.75, 3.05) is 0 Å². The summed E-state index contributed by atoms with van der Waals surface area (Å²) in [6.45, 7) is 2.23. The molecule has 2 aliphatic rings. The summed E-state index contributed by atoms with van der Waals surface area (Å²) in [6, 6.07) is 2.01. The number of nitrogens with one attached hydrogen (secondary N) is 2. The predicted octanol–water partition coefficient (Wildman–Crippen LogP) is 3.21. The Morgan fingerprint density at radius 2 is 2.00 bits per heavy atom. The van der Waals surface area contributed by atoms with Gasteiger partial charge in [-0.25, -0.2) is 0 Å². The largest absolute Gasteiger partial charge is 0.279 e. The Hall–Kier alpha value is -1.36. The van der Waals surface area contributed by atoms with E-state index >= 15 is 0 Å². The van der Waals surface area contributed by atoms with Crippen molar-refractivity contribution >= 4 is 23.2 Å². The number of carbonyl (C=O) groups is 2. The van der Waals surface area contributed by atoms with Gasteiger partial charge in [-0.1, -0.05) is 26.2 Å². The number of carbonyl (C=O) groups excluding carboxylic acids is 2. The van der Waals surface area contributed by atoms with Crippen LogP contribution in [-0.4, -0.2) is 11.8 Å². The molecule has 3 rings (SSSR count). The van der Waals surface area contributed by atoms with Crippen molar-refractivity contribution in [1.82, 2.24) is 10.9 Å². The van der Waals surface area contributed by atoms with Crippen LogP contribution in [0.1, 0.15) is 65.6 Å². The number of aryl methyl sites for hydroxylation is 1. The molecule has 0 aromatic carbocycles. The second kappa shape index (κ2) is 6.82. The average molecular weight is 320 g/mol. The molecular weight excluding hydrogens is 296 g/mol. The van der Waals surface area contributed by atoms with Crippen LogP contribution in [0, 0.1) is 11.8 Å². The molecule has 2 N–H and O–H groups in total. The lowest BCUT2D eigenvalue weighted by molar-refractivity contribution is -0.125. The third kappa shape index (κ3) is 3.35. The van der Waals surface area contributed by atoms with E-state index in [1.807, 2.05) is 6.07 Å². The highest BCUT2D eigenvalue weighted by atomic mass is 32.1. The summed E-state index contributed by atoms with van der Waals surface area (Å²) in [4.78, 5) is 26.2. The average Bonchev–Trinajstić information content (AvgIpc) is 3.20. The Balaban J connectivity index is 1.56. The highest BCUT2D eigenvalue weighted by Gasteiger charge is 2.24. The topological polar surface area (TPSA) is 58.2 Å². The fourth-order valence-electron chi connectivity index (χ4n) is 3.53. The number of hydrogen-bond acceptors (Lipinski definition) is 3. The van der Waals surface area contributed by atoms with Gasteiger partial charge in [-0.15, -0.1) is 11.3 Å². The van der Waals surface area contributed by atoms with Crippen molar-refractivity contribution in [2.24, 2.45) is 11.8 Å².